The van der Waals surface area contributed by atoms with E-state index in [1.54, 1.807) is 0 Å². The third-order valence-corrected chi connectivity index (χ3v) is 20.7. The number of carboxylic acid groups (broad SMARTS) is 1. The van der Waals surface area contributed by atoms with Crippen LogP contribution >= 0.6 is 0 Å². The van der Waals surface area contributed by atoms with Crippen LogP contribution in [0.4, 0.5) is 0 Å². The Hall–Kier alpha value is -11.7. The highest BCUT2D eigenvalue weighted by Gasteiger charge is 2.66. The first-order chi connectivity index (χ1) is 66.2. The number of carboxylic acids is 1. The average molecular weight is 2030 g/mol. The molecule has 57 nitrogen and oxygen atoms in total. The summed E-state index contributed by atoms with van der Waals surface area (Å²) in [4.78, 5) is 286. The number of ether oxygens (including phenoxy) is 35. The molecule has 14 bridgehead atoms. The van der Waals surface area contributed by atoms with Crippen LogP contribution in [0.3, 0.4) is 0 Å². The van der Waals surface area contributed by atoms with Crippen LogP contribution in [0.5, 0.6) is 0 Å². The maximum absolute atomic E-state index is 14.0. The minimum atomic E-state index is -2.51. The fraction of sp³-hybridized carbons (Fsp3) is 0.750. The zero-order valence-electron chi connectivity index (χ0n) is 79.7. The number of hydrogen-bond acceptors (Lipinski definition) is 56. The Morgan fingerprint density at radius 2 is 0.277 bits per heavy atom. The van der Waals surface area contributed by atoms with Gasteiger partial charge in [0, 0.05) is 138 Å². The van der Waals surface area contributed by atoms with Crippen molar-refractivity contribution in [3.8, 4) is 0 Å². The lowest BCUT2D eigenvalue weighted by Gasteiger charge is -2.52. The Kier molecular flexibility index (Phi) is 42.5. The van der Waals surface area contributed by atoms with Gasteiger partial charge >= 0.3 is 125 Å². The van der Waals surface area contributed by atoms with Gasteiger partial charge in [-0.1, -0.05) is 0 Å². The summed E-state index contributed by atoms with van der Waals surface area (Å²) in [6.07, 6.45) is -82.1. The maximum atomic E-state index is 14.0. The van der Waals surface area contributed by atoms with E-state index in [2.05, 4.69) is 0 Å². The number of esters is 20. The number of rotatable bonds is 30. The summed E-state index contributed by atoms with van der Waals surface area (Å²) in [5.41, 5.74) is 0. The maximum Gasteiger partial charge on any atom is 0.329 e. The predicted octanol–water partition coefficient (Wildman–Crippen LogP) is -3.71. The van der Waals surface area contributed by atoms with E-state index < -0.39 is 393 Å². The third kappa shape index (κ3) is 33.2. The molecule has 21 rings (SSSR count). The van der Waals surface area contributed by atoms with Crippen molar-refractivity contribution in [2.45, 2.75) is 353 Å². The average Bonchev–Trinajstić information content (AvgIpc) is 0.879. The molecule has 0 saturated carbocycles. The number of hydrogen-bond donors (Lipinski definition) is 1. The zero-order chi connectivity index (χ0) is 105. The highest BCUT2D eigenvalue weighted by atomic mass is 16.8. The van der Waals surface area contributed by atoms with Crippen LogP contribution in [0.15, 0.2) is 0 Å². The normalized spacial score (nSPS) is 34.5. The van der Waals surface area contributed by atoms with Crippen LogP contribution < -0.4 is 0 Å². The molecule has 0 aliphatic carbocycles. The highest BCUT2D eigenvalue weighted by molar-refractivity contribution is 5.74. The second kappa shape index (κ2) is 52.3. The lowest BCUT2D eigenvalue weighted by atomic mass is 9.94. The quantitative estimate of drug-likeness (QED) is 0.0534. The van der Waals surface area contributed by atoms with Crippen LogP contribution in [0.25, 0.3) is 0 Å². The molecule has 57 heteroatoms. The zero-order valence-corrected chi connectivity index (χ0v) is 79.7. The summed E-state index contributed by atoms with van der Waals surface area (Å²) >= 11 is 0. The minimum Gasteiger partial charge on any atom is -0.480 e. The van der Waals surface area contributed by atoms with E-state index >= 15 is 0 Å². The SMILES string of the molecule is CC(=O)OC[C@H]1O[C@@H]2O[C@H]3[C@H](OC(C)=O)[C@@H](OC(C)=O)[C@@H](O[C@H]4[C@H](OC(C)=O)[C@@H](OC(C)=O)[C@@H](O[C@H]5[C@H](OC(C)=O)[C@@H](OC(C)=O)[C@@H](O[C@H]6[C@H](OC(C)=O)[C@@H](OC(C)=O)[C@@H](O[C@H]7[C@H](OC(C)=O)[C@@H](OC(C)=O)[C@@H](O[C@H]8[C@H](OC(C)=O)[C@@H](OC(C)=O)[C@@H](O[C@H]1[C@H](OCC(=O)O)[C@H]2OC(C)=O)O[C@@H]8COC(C)=O)O[C@@H]7COC(C)=O)O[C@@H]6COC(C)=O)O[C@@H]5COC(C)=O)O[C@@H]4COC(C)=O)O[C@@H]3COC(C)=O. The Labute approximate surface area is 800 Å². The Morgan fingerprint density at radius 3 is 0.390 bits per heavy atom. The molecule has 0 radical (unpaired) electrons. The Balaban J connectivity index is 1.52. The summed E-state index contributed by atoms with van der Waals surface area (Å²) < 4.78 is 214. The molecule has 21 aliphatic heterocycles. The van der Waals surface area contributed by atoms with Gasteiger partial charge in [-0.15, -0.1) is 0 Å². The largest absolute Gasteiger partial charge is 0.480 e. The van der Waals surface area contributed by atoms with Crippen LogP contribution in [0, 0.1) is 0 Å². The number of aliphatic carboxylic acids is 1. The summed E-state index contributed by atoms with van der Waals surface area (Å²) in [5, 5.41) is 10.5. The first-order valence-electron chi connectivity index (χ1n) is 43.3. The standard InChI is InChI=1S/C84H112O57/c1-29(85)107-21-49-57-64(114-28-56(105)106)71(121-42(14)98)78(128-49)136-58-50(22-108-30(2)86)130-80(73(123-44(16)100)65(58)115-36(8)92)138-60-52(24-110-32(4)88)132-82(75(125-46(18)102)67(60)117-38(10)94)140-62-54(26-112-34(6)90)134-84(77(127-48(20)104)69(62)119-40(12)96)141-63-55(27-113-35(7)91)133-83(76(126-47(19)103)70(63)120-41(13)97)139-61-53(25-111-33(5)89)131-81(74(124-45(17)101)68(61)118-39(11)95)137-59-51(23-109-31(3)87)129-79(135-57)72(122-43(15)99)66(59)116-37(9)93/h49-55,57-84H,21-28H2,1-20H3,(H,105,106)/t49-,50-,51-,52-,53-,54-,55-,57-,58-,59-,60-,61-,62-,63-,64+,65+,66+,67+,68+,69+,70+,71-,72-,73-,74-,75-,76-,77-,78-,79-,80-,81-,82-,83-,84-/m1/s1. The first-order valence-corrected chi connectivity index (χ1v) is 43.3. The smallest absolute Gasteiger partial charge is 0.329 e. The molecule has 35 atom stereocenters. The number of carbonyl (C=O) groups excluding carboxylic acids is 20. The first kappa shape index (κ1) is 115. The topological polar surface area (TPSA) is 702 Å². The molecule has 0 spiro atoms. The van der Waals surface area contributed by atoms with Crippen LogP contribution in [-0.2, 0) is 266 Å². The van der Waals surface area contributed by atoms with Gasteiger partial charge in [0.2, 0.25) is 0 Å². The van der Waals surface area contributed by atoms with Crippen LogP contribution in [0.1, 0.15) is 138 Å². The summed E-state index contributed by atoms with van der Waals surface area (Å²) in [6.45, 7) is 6.84. The Morgan fingerprint density at radius 1 is 0.163 bits per heavy atom. The van der Waals surface area contributed by atoms with Crippen LogP contribution in [-0.4, -0.2) is 398 Å². The number of carbonyl (C=O) groups is 21. The summed E-state index contributed by atoms with van der Waals surface area (Å²) in [6, 6.07) is 0. The monoisotopic (exact) mass is 2030 g/mol. The second-order valence-corrected chi connectivity index (χ2v) is 32.3. The van der Waals surface area contributed by atoms with Gasteiger partial charge in [0.1, 0.15) is 144 Å². The van der Waals surface area contributed by atoms with Crippen molar-refractivity contribution in [2.75, 3.05) is 52.9 Å². The van der Waals surface area contributed by atoms with Gasteiger partial charge in [0.25, 0.3) is 0 Å². The van der Waals surface area contributed by atoms with Gasteiger partial charge in [-0.2, -0.15) is 0 Å². The molecule has 1 N–H and O–H groups in total. The van der Waals surface area contributed by atoms with Gasteiger partial charge in [0.05, 0.1) is 0 Å². The van der Waals surface area contributed by atoms with E-state index in [0.717, 1.165) is 138 Å². The van der Waals surface area contributed by atoms with E-state index in [9.17, 15) is 106 Å². The highest BCUT2D eigenvalue weighted by Crippen LogP contribution is 2.45. The van der Waals surface area contributed by atoms with Gasteiger partial charge < -0.3 is 171 Å². The fourth-order valence-electron chi connectivity index (χ4n) is 16.0. The lowest BCUT2D eigenvalue weighted by Crippen LogP contribution is -2.70. The van der Waals surface area contributed by atoms with Crippen molar-refractivity contribution < 1.29 is 272 Å². The molecule has 0 amide bonds. The molecule has 0 aromatic heterocycles. The summed E-state index contributed by atoms with van der Waals surface area (Å²) in [7, 11) is 0. The molecule has 141 heavy (non-hydrogen) atoms. The molecule has 0 unspecified atom stereocenters. The predicted molar refractivity (Wildman–Crippen MR) is 431 cm³/mol. The molecule has 21 heterocycles. The van der Waals surface area contributed by atoms with Crippen molar-refractivity contribution in [3.05, 3.63) is 0 Å². The lowest BCUT2D eigenvalue weighted by molar-refractivity contribution is -0.398. The Bertz CT molecular complexity index is 4350. The molecule has 21 saturated heterocycles. The van der Waals surface area contributed by atoms with E-state index in [-0.39, 0.29) is 0 Å². The van der Waals surface area contributed by atoms with Crippen molar-refractivity contribution in [3.63, 3.8) is 0 Å². The van der Waals surface area contributed by atoms with E-state index in [4.69, 9.17) is 166 Å². The molecular weight excluding hydrogens is 1920 g/mol. The van der Waals surface area contributed by atoms with Gasteiger partial charge in [0.15, 0.2) is 123 Å². The van der Waals surface area contributed by atoms with Crippen molar-refractivity contribution >= 4 is 125 Å². The van der Waals surface area contributed by atoms with Crippen molar-refractivity contribution in [1.29, 1.82) is 0 Å². The van der Waals surface area contributed by atoms with Gasteiger partial charge in [-0.05, 0) is 0 Å². The molecule has 21 fully saturated rings. The van der Waals surface area contributed by atoms with E-state index in [1.807, 2.05) is 0 Å². The molecule has 790 valence electrons. The third-order valence-electron chi connectivity index (χ3n) is 20.7. The van der Waals surface area contributed by atoms with Crippen LogP contribution in [0.2, 0.25) is 0 Å². The van der Waals surface area contributed by atoms with Gasteiger partial charge in [-0.25, -0.2) is 4.79 Å². The summed E-state index contributed by atoms with van der Waals surface area (Å²) in [5.74, 6) is -27.0. The van der Waals surface area contributed by atoms with E-state index in [1.165, 1.54) is 0 Å². The molecule has 0 aromatic carbocycles. The molecule has 21 aliphatic rings. The second-order valence-electron chi connectivity index (χ2n) is 32.3. The van der Waals surface area contributed by atoms with Crippen molar-refractivity contribution in [2.24, 2.45) is 0 Å². The molecular formula is C84H112O57. The van der Waals surface area contributed by atoms with Gasteiger partial charge in [-0.3, -0.25) is 95.9 Å². The molecule has 0 aromatic rings. The minimum absolute atomic E-state index is 0.767. The van der Waals surface area contributed by atoms with Crippen molar-refractivity contribution in [1.82, 2.24) is 0 Å². The fourth-order valence-corrected chi connectivity index (χ4v) is 16.0. The van der Waals surface area contributed by atoms with E-state index in [0.29, 0.717) is 0 Å².